The smallest absolute Gasteiger partial charge is 0.326 e. The maximum absolute atomic E-state index is 12.2. The van der Waals surface area contributed by atoms with Crippen LogP contribution >= 0.6 is 11.6 Å². The van der Waals surface area contributed by atoms with E-state index in [0.717, 1.165) is 0 Å². The topological polar surface area (TPSA) is 79.3 Å². The average molecular weight is 299 g/mol. The van der Waals surface area contributed by atoms with E-state index >= 15 is 0 Å². The van der Waals surface area contributed by atoms with Gasteiger partial charge in [-0.3, -0.25) is 4.79 Å². The number of hydrogen-bond acceptors (Lipinski definition) is 3. The summed E-state index contributed by atoms with van der Waals surface area (Å²) < 4.78 is 0. The van der Waals surface area contributed by atoms with Crippen molar-refractivity contribution in [2.45, 2.75) is 40.2 Å². The summed E-state index contributed by atoms with van der Waals surface area (Å²) in [7, 11) is 0. The van der Waals surface area contributed by atoms with Crippen LogP contribution in [0.4, 0.5) is 0 Å². The first-order chi connectivity index (χ1) is 9.15. The summed E-state index contributed by atoms with van der Waals surface area (Å²) in [4.78, 5) is 27.5. The van der Waals surface area contributed by atoms with Gasteiger partial charge in [-0.05, 0) is 24.0 Å². The maximum atomic E-state index is 12.2. The van der Waals surface area contributed by atoms with Crippen molar-refractivity contribution in [3.05, 3.63) is 28.5 Å². The van der Waals surface area contributed by atoms with E-state index in [0.29, 0.717) is 17.7 Å². The molecule has 5 nitrogen and oxygen atoms in total. The molecule has 0 aromatic carbocycles. The van der Waals surface area contributed by atoms with Crippen LogP contribution in [0, 0.1) is 5.41 Å². The predicted octanol–water partition coefficient (Wildman–Crippen LogP) is 2.53. The molecular weight excluding hydrogens is 280 g/mol. The van der Waals surface area contributed by atoms with Crippen molar-refractivity contribution < 1.29 is 14.7 Å². The summed E-state index contributed by atoms with van der Waals surface area (Å²) in [5, 5.41) is 12.0. The third-order valence-corrected chi connectivity index (χ3v) is 3.05. The molecule has 0 aliphatic rings. The van der Waals surface area contributed by atoms with Crippen LogP contribution in [0.3, 0.4) is 0 Å². The number of aryl methyl sites for hydroxylation is 1. The van der Waals surface area contributed by atoms with Crippen molar-refractivity contribution in [2.24, 2.45) is 5.41 Å². The summed E-state index contributed by atoms with van der Waals surface area (Å²) in [5.41, 5.74) is 0.411. The number of carbonyl (C=O) groups excluding carboxylic acids is 1. The Balaban J connectivity index is 3.01. The Bertz CT molecular complexity index is 524. The van der Waals surface area contributed by atoms with E-state index in [1.165, 1.54) is 6.07 Å². The first-order valence-electron chi connectivity index (χ1n) is 6.35. The molecule has 1 heterocycles. The fourth-order valence-corrected chi connectivity index (χ4v) is 1.95. The average Bonchev–Trinajstić information content (AvgIpc) is 2.32. The van der Waals surface area contributed by atoms with Crippen LogP contribution in [0.5, 0.6) is 0 Å². The van der Waals surface area contributed by atoms with E-state index in [9.17, 15) is 14.7 Å². The number of carboxylic acids is 1. The third-order valence-electron chi connectivity index (χ3n) is 2.86. The van der Waals surface area contributed by atoms with Gasteiger partial charge in [-0.1, -0.05) is 39.3 Å². The Kier molecular flexibility index (Phi) is 5.11. The molecule has 0 bridgehead atoms. The van der Waals surface area contributed by atoms with E-state index in [2.05, 4.69) is 10.3 Å². The lowest BCUT2D eigenvalue weighted by Crippen LogP contribution is -2.49. The van der Waals surface area contributed by atoms with Crippen molar-refractivity contribution in [3.63, 3.8) is 0 Å². The van der Waals surface area contributed by atoms with E-state index in [1.807, 2.05) is 6.92 Å². The quantitative estimate of drug-likeness (QED) is 0.837. The highest BCUT2D eigenvalue weighted by atomic mass is 35.5. The van der Waals surface area contributed by atoms with Gasteiger partial charge in [-0.15, -0.1) is 0 Å². The molecule has 110 valence electrons. The number of pyridine rings is 1. The van der Waals surface area contributed by atoms with Crippen molar-refractivity contribution in [1.82, 2.24) is 10.3 Å². The molecule has 1 aromatic heterocycles. The fraction of sp³-hybridized carbons (Fsp3) is 0.500. The molecule has 20 heavy (non-hydrogen) atoms. The Labute approximate surface area is 123 Å². The summed E-state index contributed by atoms with van der Waals surface area (Å²) in [5.74, 6) is -1.53. The largest absolute Gasteiger partial charge is 0.480 e. The van der Waals surface area contributed by atoms with Crippen LogP contribution < -0.4 is 5.32 Å². The predicted molar refractivity (Wildman–Crippen MR) is 77.0 cm³/mol. The van der Waals surface area contributed by atoms with Crippen molar-refractivity contribution in [3.8, 4) is 0 Å². The third kappa shape index (κ3) is 4.20. The first kappa shape index (κ1) is 16.4. The van der Waals surface area contributed by atoms with Crippen LogP contribution in [0.1, 0.15) is 43.7 Å². The van der Waals surface area contributed by atoms with E-state index < -0.39 is 23.3 Å². The normalized spacial score (nSPS) is 12.8. The highest BCUT2D eigenvalue weighted by Gasteiger charge is 2.32. The fourth-order valence-electron chi connectivity index (χ4n) is 1.73. The zero-order valence-electron chi connectivity index (χ0n) is 12.0. The van der Waals surface area contributed by atoms with Crippen LogP contribution in [0.2, 0.25) is 5.15 Å². The Morgan fingerprint density at radius 2 is 2.00 bits per heavy atom. The number of carbonyl (C=O) groups is 2. The summed E-state index contributed by atoms with van der Waals surface area (Å²) in [6.45, 7) is 7.16. The van der Waals surface area contributed by atoms with E-state index in [4.69, 9.17) is 11.6 Å². The Morgan fingerprint density at radius 1 is 1.40 bits per heavy atom. The molecule has 0 aliphatic carbocycles. The molecule has 0 saturated heterocycles. The molecule has 2 N–H and O–H groups in total. The van der Waals surface area contributed by atoms with E-state index in [1.54, 1.807) is 26.8 Å². The number of nitrogens with zero attached hydrogens (tertiary/aromatic N) is 1. The van der Waals surface area contributed by atoms with Gasteiger partial charge in [-0.2, -0.15) is 0 Å². The Hall–Kier alpha value is -1.62. The van der Waals surface area contributed by atoms with Gasteiger partial charge in [0.1, 0.15) is 11.2 Å². The molecule has 1 atom stereocenters. The highest BCUT2D eigenvalue weighted by molar-refractivity contribution is 6.29. The molecule has 1 amide bonds. The molecule has 0 spiro atoms. The van der Waals surface area contributed by atoms with Crippen molar-refractivity contribution in [2.75, 3.05) is 0 Å². The van der Waals surface area contributed by atoms with Gasteiger partial charge in [0.25, 0.3) is 5.91 Å². The number of halogens is 1. The standard InChI is InChI=1S/C14H19ClN2O3/c1-5-9-6-8(7-10(15)16-9)12(18)17-11(13(19)20)14(2,3)4/h6-7,11H,5H2,1-4H3,(H,17,18)(H,19,20). The molecular formula is C14H19ClN2O3. The first-order valence-corrected chi connectivity index (χ1v) is 6.73. The zero-order valence-corrected chi connectivity index (χ0v) is 12.8. The lowest BCUT2D eigenvalue weighted by Gasteiger charge is -2.27. The Morgan fingerprint density at radius 3 is 2.45 bits per heavy atom. The lowest BCUT2D eigenvalue weighted by molar-refractivity contribution is -0.142. The van der Waals surface area contributed by atoms with Crippen LogP contribution in [0.15, 0.2) is 12.1 Å². The maximum Gasteiger partial charge on any atom is 0.326 e. The van der Waals surface area contributed by atoms with Crippen LogP contribution in [-0.2, 0) is 11.2 Å². The zero-order chi connectivity index (χ0) is 15.5. The van der Waals surface area contributed by atoms with Gasteiger partial charge >= 0.3 is 5.97 Å². The van der Waals surface area contributed by atoms with Gasteiger partial charge in [-0.25, -0.2) is 9.78 Å². The second-order valence-corrected chi connectivity index (χ2v) is 6.02. The second-order valence-electron chi connectivity index (χ2n) is 5.63. The molecule has 6 heteroatoms. The minimum absolute atomic E-state index is 0.220. The minimum Gasteiger partial charge on any atom is -0.480 e. The molecule has 1 unspecified atom stereocenters. The monoisotopic (exact) mass is 298 g/mol. The van der Waals surface area contributed by atoms with Gasteiger partial charge in [0.2, 0.25) is 0 Å². The molecule has 1 aromatic rings. The summed E-state index contributed by atoms with van der Waals surface area (Å²) in [6.07, 6.45) is 0.641. The van der Waals surface area contributed by atoms with Gasteiger partial charge < -0.3 is 10.4 Å². The number of amides is 1. The van der Waals surface area contributed by atoms with Crippen molar-refractivity contribution in [1.29, 1.82) is 0 Å². The number of rotatable bonds is 4. The van der Waals surface area contributed by atoms with Gasteiger partial charge in [0, 0.05) is 11.3 Å². The molecule has 0 saturated carbocycles. The minimum atomic E-state index is -1.07. The number of aliphatic carboxylic acids is 1. The summed E-state index contributed by atoms with van der Waals surface area (Å²) >= 11 is 5.85. The number of carboxylic acid groups (broad SMARTS) is 1. The molecule has 0 aliphatic heterocycles. The number of nitrogens with one attached hydrogen (secondary N) is 1. The second kappa shape index (κ2) is 6.22. The van der Waals surface area contributed by atoms with Crippen molar-refractivity contribution >= 4 is 23.5 Å². The number of aromatic nitrogens is 1. The molecule has 1 rings (SSSR count). The van der Waals surface area contributed by atoms with E-state index in [-0.39, 0.29) is 5.15 Å². The van der Waals surface area contributed by atoms with Gasteiger partial charge in [0.15, 0.2) is 0 Å². The lowest BCUT2D eigenvalue weighted by atomic mass is 9.86. The highest BCUT2D eigenvalue weighted by Crippen LogP contribution is 2.20. The van der Waals surface area contributed by atoms with Gasteiger partial charge in [0.05, 0.1) is 0 Å². The SMILES string of the molecule is CCc1cc(C(=O)NC(C(=O)O)C(C)(C)C)cc(Cl)n1. The molecule has 0 fully saturated rings. The van der Waals surface area contributed by atoms with Crippen LogP contribution in [-0.4, -0.2) is 28.0 Å². The number of hydrogen-bond donors (Lipinski definition) is 2. The van der Waals surface area contributed by atoms with Crippen LogP contribution in [0.25, 0.3) is 0 Å². The molecule has 0 radical (unpaired) electrons. The summed E-state index contributed by atoms with van der Waals surface area (Å²) in [6, 6.07) is 2.06.